The zero-order valence-corrected chi connectivity index (χ0v) is 13.6. The Bertz CT molecular complexity index is 752. The van der Waals surface area contributed by atoms with Crippen LogP contribution >= 0.6 is 0 Å². The van der Waals surface area contributed by atoms with Gasteiger partial charge in [0.15, 0.2) is 0 Å². The molecule has 1 amide bonds. The number of carbonyl (C=O) groups excluding carboxylic acids is 1. The van der Waals surface area contributed by atoms with Gasteiger partial charge in [-0.05, 0) is 24.5 Å². The highest BCUT2D eigenvalue weighted by atomic mass is 16.5. The molecule has 0 unspecified atom stereocenters. The van der Waals surface area contributed by atoms with Gasteiger partial charge in [-0.25, -0.2) is 4.79 Å². The van der Waals surface area contributed by atoms with Crippen molar-refractivity contribution in [2.24, 2.45) is 7.05 Å². The summed E-state index contributed by atoms with van der Waals surface area (Å²) in [6, 6.07) is 13.3. The third kappa shape index (κ3) is 4.16. The van der Waals surface area contributed by atoms with Gasteiger partial charge in [0.05, 0.1) is 5.69 Å². The lowest BCUT2D eigenvalue weighted by molar-refractivity contribution is 0.129. The van der Waals surface area contributed by atoms with Crippen LogP contribution in [0, 0.1) is 0 Å². The number of ether oxygens (including phenoxy) is 1. The third-order valence-corrected chi connectivity index (χ3v) is 4.13. The summed E-state index contributed by atoms with van der Waals surface area (Å²) in [6.45, 7) is 0.277. The van der Waals surface area contributed by atoms with Gasteiger partial charge in [-0.1, -0.05) is 30.3 Å². The van der Waals surface area contributed by atoms with Gasteiger partial charge in [-0.15, -0.1) is 0 Å². The Hall–Kier alpha value is -2.76. The van der Waals surface area contributed by atoms with Crippen LogP contribution in [-0.4, -0.2) is 22.7 Å². The largest absolute Gasteiger partial charge is 0.445 e. The van der Waals surface area contributed by atoms with Crippen LogP contribution in [0.15, 0.2) is 53.5 Å². The van der Waals surface area contributed by atoms with E-state index in [2.05, 4.69) is 10.6 Å². The molecule has 0 spiro atoms. The van der Waals surface area contributed by atoms with Crippen LogP contribution in [-0.2, 0) is 18.4 Å². The first-order valence-electron chi connectivity index (χ1n) is 8.00. The lowest BCUT2D eigenvalue weighted by Gasteiger charge is -2.36. The van der Waals surface area contributed by atoms with Gasteiger partial charge in [0, 0.05) is 31.4 Å². The molecule has 0 radical (unpaired) electrons. The van der Waals surface area contributed by atoms with Crippen molar-refractivity contribution in [2.75, 3.05) is 5.32 Å². The predicted octanol–water partition coefficient (Wildman–Crippen LogP) is 2.25. The molecule has 126 valence electrons. The van der Waals surface area contributed by atoms with E-state index in [9.17, 15) is 9.59 Å². The Labute approximate surface area is 140 Å². The SMILES string of the molecule is Cn1cc(NC2CC(NC(=O)OCc3ccccc3)C2)ccc1=O. The number of nitrogens with one attached hydrogen (secondary N) is 2. The van der Waals surface area contributed by atoms with E-state index in [-0.39, 0.29) is 24.3 Å². The lowest BCUT2D eigenvalue weighted by Crippen LogP contribution is -2.49. The van der Waals surface area contributed by atoms with E-state index in [4.69, 9.17) is 4.74 Å². The standard InChI is InChI=1S/C18H21N3O3/c1-21-11-14(7-8-17(21)22)19-15-9-16(10-15)20-18(23)24-12-13-5-3-2-4-6-13/h2-8,11,15-16,19H,9-10,12H2,1H3,(H,20,23). The van der Waals surface area contributed by atoms with Crippen molar-refractivity contribution in [1.29, 1.82) is 0 Å². The molecular formula is C18H21N3O3. The molecule has 2 N–H and O–H groups in total. The molecule has 1 aromatic heterocycles. The number of alkyl carbamates (subject to hydrolysis) is 1. The minimum absolute atomic E-state index is 0.0325. The van der Waals surface area contributed by atoms with Crippen LogP contribution in [0.25, 0.3) is 0 Å². The fourth-order valence-electron chi connectivity index (χ4n) is 2.70. The van der Waals surface area contributed by atoms with Gasteiger partial charge in [0.2, 0.25) is 5.56 Å². The Morgan fingerprint density at radius 2 is 1.92 bits per heavy atom. The van der Waals surface area contributed by atoms with Crippen LogP contribution < -0.4 is 16.2 Å². The number of carbonyl (C=O) groups is 1. The maximum absolute atomic E-state index is 11.8. The van der Waals surface area contributed by atoms with Gasteiger partial charge >= 0.3 is 6.09 Å². The first-order chi connectivity index (χ1) is 11.6. The molecule has 0 saturated heterocycles. The van der Waals surface area contributed by atoms with E-state index in [0.717, 1.165) is 24.1 Å². The molecule has 0 atom stereocenters. The topological polar surface area (TPSA) is 72.4 Å². The molecule has 2 aromatic rings. The second-order valence-electron chi connectivity index (χ2n) is 6.08. The van der Waals surface area contributed by atoms with E-state index in [1.165, 1.54) is 10.6 Å². The number of hydrogen-bond donors (Lipinski definition) is 2. The smallest absolute Gasteiger partial charge is 0.407 e. The van der Waals surface area contributed by atoms with E-state index in [1.54, 1.807) is 19.3 Å². The van der Waals surface area contributed by atoms with E-state index in [1.807, 2.05) is 30.3 Å². The fourth-order valence-corrected chi connectivity index (χ4v) is 2.70. The van der Waals surface area contributed by atoms with Crippen LogP contribution in [0.5, 0.6) is 0 Å². The molecule has 1 heterocycles. The molecule has 1 aliphatic rings. The Morgan fingerprint density at radius 3 is 2.62 bits per heavy atom. The van der Waals surface area contributed by atoms with E-state index < -0.39 is 0 Å². The van der Waals surface area contributed by atoms with Crippen molar-refractivity contribution < 1.29 is 9.53 Å². The molecule has 3 rings (SSSR count). The summed E-state index contributed by atoms with van der Waals surface area (Å²) < 4.78 is 6.75. The second-order valence-corrected chi connectivity index (χ2v) is 6.08. The van der Waals surface area contributed by atoms with Crippen LogP contribution in [0.4, 0.5) is 10.5 Å². The summed E-state index contributed by atoms with van der Waals surface area (Å²) in [6.07, 6.45) is 3.06. The molecule has 6 heteroatoms. The van der Waals surface area contributed by atoms with Gasteiger partial charge in [-0.2, -0.15) is 0 Å². The van der Waals surface area contributed by atoms with Gasteiger partial charge in [0.25, 0.3) is 0 Å². The van der Waals surface area contributed by atoms with Crippen molar-refractivity contribution in [3.05, 3.63) is 64.6 Å². The first kappa shape index (κ1) is 16.1. The molecule has 0 aliphatic heterocycles. The Balaban J connectivity index is 1.38. The van der Waals surface area contributed by atoms with Crippen LogP contribution in [0.1, 0.15) is 18.4 Å². The highest BCUT2D eigenvalue weighted by Crippen LogP contribution is 2.24. The van der Waals surface area contributed by atoms with Crippen LogP contribution in [0.2, 0.25) is 0 Å². The average molecular weight is 327 g/mol. The minimum atomic E-state index is -0.385. The number of aryl methyl sites for hydroxylation is 1. The Kier molecular flexibility index (Phi) is 4.84. The van der Waals surface area contributed by atoms with E-state index >= 15 is 0 Å². The van der Waals surface area contributed by atoms with Gasteiger partial charge < -0.3 is 19.9 Å². The van der Waals surface area contributed by atoms with Gasteiger partial charge in [-0.3, -0.25) is 4.79 Å². The molecular weight excluding hydrogens is 306 g/mol. The van der Waals surface area contributed by atoms with E-state index in [0.29, 0.717) is 6.04 Å². The molecule has 1 fully saturated rings. The van der Waals surface area contributed by atoms with Crippen molar-refractivity contribution in [1.82, 2.24) is 9.88 Å². The zero-order valence-electron chi connectivity index (χ0n) is 13.6. The normalized spacial score (nSPS) is 19.2. The summed E-state index contributed by atoms with van der Waals surface area (Å²) in [5.41, 5.74) is 1.84. The number of nitrogens with zero attached hydrogens (tertiary/aromatic N) is 1. The van der Waals surface area contributed by atoms with Crippen LogP contribution in [0.3, 0.4) is 0 Å². The minimum Gasteiger partial charge on any atom is -0.445 e. The molecule has 24 heavy (non-hydrogen) atoms. The molecule has 6 nitrogen and oxygen atoms in total. The lowest BCUT2D eigenvalue weighted by atomic mass is 9.87. The summed E-state index contributed by atoms with van der Waals surface area (Å²) in [7, 11) is 1.72. The number of pyridine rings is 1. The first-order valence-corrected chi connectivity index (χ1v) is 8.00. The number of rotatable bonds is 5. The van der Waals surface area contributed by atoms with Gasteiger partial charge in [0.1, 0.15) is 6.61 Å². The molecule has 1 aromatic carbocycles. The van der Waals surface area contributed by atoms with Crippen molar-refractivity contribution in [3.63, 3.8) is 0 Å². The number of anilines is 1. The predicted molar refractivity (Wildman–Crippen MR) is 91.9 cm³/mol. The highest BCUT2D eigenvalue weighted by Gasteiger charge is 2.30. The number of amides is 1. The summed E-state index contributed by atoms with van der Waals surface area (Å²) in [5, 5.41) is 6.22. The zero-order chi connectivity index (χ0) is 16.9. The average Bonchev–Trinajstić information content (AvgIpc) is 2.55. The number of aromatic nitrogens is 1. The van der Waals surface area contributed by atoms with Crippen molar-refractivity contribution in [3.8, 4) is 0 Å². The summed E-state index contributed by atoms with van der Waals surface area (Å²) in [4.78, 5) is 23.1. The Morgan fingerprint density at radius 1 is 1.17 bits per heavy atom. The molecule has 1 aliphatic carbocycles. The highest BCUT2D eigenvalue weighted by molar-refractivity contribution is 5.67. The molecule has 1 saturated carbocycles. The molecule has 0 bridgehead atoms. The fraction of sp³-hybridized carbons (Fsp3) is 0.333. The quantitative estimate of drug-likeness (QED) is 0.883. The van der Waals surface area contributed by atoms with Crippen molar-refractivity contribution in [2.45, 2.75) is 31.5 Å². The number of benzene rings is 1. The maximum atomic E-state index is 11.8. The number of hydrogen-bond acceptors (Lipinski definition) is 4. The summed E-state index contributed by atoms with van der Waals surface area (Å²) in [5.74, 6) is 0. The monoisotopic (exact) mass is 327 g/mol. The summed E-state index contributed by atoms with van der Waals surface area (Å²) >= 11 is 0. The second kappa shape index (κ2) is 7.21. The van der Waals surface area contributed by atoms with Crippen molar-refractivity contribution >= 4 is 11.8 Å². The third-order valence-electron chi connectivity index (χ3n) is 4.13. The maximum Gasteiger partial charge on any atom is 0.407 e.